The maximum atomic E-state index is 11.7. The summed E-state index contributed by atoms with van der Waals surface area (Å²) < 4.78 is 10.5. The molecule has 22 heavy (non-hydrogen) atoms. The Morgan fingerprint density at radius 2 is 1.32 bits per heavy atom. The normalized spacial score (nSPS) is 13.6. The summed E-state index contributed by atoms with van der Waals surface area (Å²) in [6.07, 6.45) is 2.80. The summed E-state index contributed by atoms with van der Waals surface area (Å²) in [7, 11) is 0. The average Bonchev–Trinajstić information content (AvgIpc) is 2.32. The predicted molar refractivity (Wildman–Crippen MR) is 88.5 cm³/mol. The maximum absolute atomic E-state index is 11.7. The lowest BCUT2D eigenvalue weighted by Gasteiger charge is -2.19. The van der Waals surface area contributed by atoms with Gasteiger partial charge in [0.15, 0.2) is 0 Å². The van der Waals surface area contributed by atoms with Gasteiger partial charge in [0, 0.05) is 19.3 Å². The molecule has 1 atom stereocenters. The Labute approximate surface area is 135 Å². The lowest BCUT2D eigenvalue weighted by Crippen LogP contribution is -2.19. The summed E-state index contributed by atoms with van der Waals surface area (Å²) in [5, 5.41) is 0. The van der Waals surface area contributed by atoms with Crippen molar-refractivity contribution in [1.29, 1.82) is 0 Å². The van der Waals surface area contributed by atoms with Gasteiger partial charge in [0.05, 0.1) is 6.61 Å². The van der Waals surface area contributed by atoms with Crippen molar-refractivity contribution in [1.82, 2.24) is 0 Å². The molecule has 0 amide bonds. The maximum Gasteiger partial charge on any atom is 0.306 e. The van der Waals surface area contributed by atoms with E-state index in [-0.39, 0.29) is 28.9 Å². The molecule has 0 rings (SSSR count). The highest BCUT2D eigenvalue weighted by Crippen LogP contribution is 2.21. The van der Waals surface area contributed by atoms with E-state index < -0.39 is 0 Å². The van der Waals surface area contributed by atoms with Crippen LogP contribution in [0.25, 0.3) is 0 Å². The van der Waals surface area contributed by atoms with Gasteiger partial charge in [-0.1, -0.05) is 41.5 Å². The fraction of sp³-hybridized carbons (Fsp3) is 0.889. The predicted octanol–water partition coefficient (Wildman–Crippen LogP) is 4.50. The zero-order valence-electron chi connectivity index (χ0n) is 15.5. The molecule has 0 bridgehead atoms. The van der Waals surface area contributed by atoms with E-state index in [0.29, 0.717) is 25.9 Å². The van der Waals surface area contributed by atoms with Gasteiger partial charge in [-0.15, -0.1) is 0 Å². The summed E-state index contributed by atoms with van der Waals surface area (Å²) in [4.78, 5) is 23.3. The number of esters is 2. The van der Waals surface area contributed by atoms with Crippen molar-refractivity contribution < 1.29 is 19.1 Å². The van der Waals surface area contributed by atoms with Crippen LogP contribution in [-0.2, 0) is 19.1 Å². The topological polar surface area (TPSA) is 52.6 Å². The molecule has 0 saturated heterocycles. The summed E-state index contributed by atoms with van der Waals surface area (Å²) >= 11 is 0. The molecule has 0 aliphatic rings. The standard InChI is InChI=1S/C18H34O4/c1-14(22-16(20)9-12-18(5,6)7)10-13-21-15(19)8-11-17(2,3)4/h14H,8-13H2,1-7H3. The van der Waals surface area contributed by atoms with E-state index in [1.807, 2.05) is 6.92 Å². The van der Waals surface area contributed by atoms with Crippen LogP contribution in [0.3, 0.4) is 0 Å². The molecule has 0 aromatic heterocycles. The highest BCUT2D eigenvalue weighted by atomic mass is 16.6. The Bertz CT molecular complexity index is 347. The van der Waals surface area contributed by atoms with Crippen LogP contribution in [0.1, 0.15) is 80.6 Å². The average molecular weight is 314 g/mol. The summed E-state index contributed by atoms with van der Waals surface area (Å²) in [5.74, 6) is -0.359. The highest BCUT2D eigenvalue weighted by molar-refractivity contribution is 5.70. The number of carbonyl (C=O) groups is 2. The summed E-state index contributed by atoms with van der Waals surface area (Å²) in [5.41, 5.74) is 0.264. The van der Waals surface area contributed by atoms with Crippen molar-refractivity contribution in [2.45, 2.75) is 86.7 Å². The second-order valence-electron chi connectivity index (χ2n) is 8.43. The van der Waals surface area contributed by atoms with Gasteiger partial charge in [0.25, 0.3) is 0 Å². The summed E-state index contributed by atoms with van der Waals surface area (Å²) in [6, 6.07) is 0. The van der Waals surface area contributed by atoms with E-state index >= 15 is 0 Å². The number of hydrogen-bond acceptors (Lipinski definition) is 4. The van der Waals surface area contributed by atoms with Crippen molar-refractivity contribution in [3.63, 3.8) is 0 Å². The van der Waals surface area contributed by atoms with Crippen molar-refractivity contribution in [2.24, 2.45) is 10.8 Å². The molecule has 0 aliphatic carbocycles. The number of hydrogen-bond donors (Lipinski definition) is 0. The van der Waals surface area contributed by atoms with Crippen LogP contribution in [0.5, 0.6) is 0 Å². The molecule has 130 valence electrons. The zero-order valence-corrected chi connectivity index (χ0v) is 15.5. The Morgan fingerprint density at radius 1 is 0.864 bits per heavy atom. The largest absolute Gasteiger partial charge is 0.466 e. The molecule has 0 radical (unpaired) electrons. The lowest BCUT2D eigenvalue weighted by molar-refractivity contribution is -0.151. The first kappa shape index (κ1) is 20.9. The molecule has 0 heterocycles. The van der Waals surface area contributed by atoms with Crippen molar-refractivity contribution in [2.75, 3.05) is 6.61 Å². The molecule has 0 N–H and O–H groups in total. The van der Waals surface area contributed by atoms with E-state index in [0.717, 1.165) is 12.8 Å². The fourth-order valence-corrected chi connectivity index (χ4v) is 1.71. The minimum atomic E-state index is -0.220. The Balaban J connectivity index is 3.79. The van der Waals surface area contributed by atoms with E-state index in [4.69, 9.17) is 9.47 Å². The molecule has 0 spiro atoms. The zero-order chi connectivity index (χ0) is 17.4. The molecule has 4 nitrogen and oxygen atoms in total. The minimum Gasteiger partial charge on any atom is -0.466 e. The van der Waals surface area contributed by atoms with Gasteiger partial charge < -0.3 is 9.47 Å². The monoisotopic (exact) mass is 314 g/mol. The highest BCUT2D eigenvalue weighted by Gasteiger charge is 2.16. The van der Waals surface area contributed by atoms with Crippen LogP contribution in [-0.4, -0.2) is 24.6 Å². The number of ether oxygens (including phenoxy) is 2. The quantitative estimate of drug-likeness (QED) is 0.619. The third kappa shape index (κ3) is 13.9. The third-order valence-electron chi connectivity index (χ3n) is 3.28. The van der Waals surface area contributed by atoms with Gasteiger partial charge >= 0.3 is 11.9 Å². The first-order valence-electron chi connectivity index (χ1n) is 8.24. The van der Waals surface area contributed by atoms with Gasteiger partial charge in [-0.3, -0.25) is 9.59 Å². The van der Waals surface area contributed by atoms with Gasteiger partial charge in [-0.2, -0.15) is 0 Å². The molecular weight excluding hydrogens is 280 g/mol. The van der Waals surface area contributed by atoms with E-state index in [9.17, 15) is 9.59 Å². The molecule has 4 heteroatoms. The minimum absolute atomic E-state index is 0.130. The van der Waals surface area contributed by atoms with Crippen LogP contribution >= 0.6 is 0 Å². The van der Waals surface area contributed by atoms with E-state index in [1.165, 1.54) is 0 Å². The van der Waals surface area contributed by atoms with Crippen LogP contribution in [0.2, 0.25) is 0 Å². The van der Waals surface area contributed by atoms with E-state index in [1.54, 1.807) is 0 Å². The molecular formula is C18H34O4. The van der Waals surface area contributed by atoms with Crippen LogP contribution in [0, 0.1) is 10.8 Å². The Hall–Kier alpha value is -1.06. The fourth-order valence-electron chi connectivity index (χ4n) is 1.71. The summed E-state index contributed by atoms with van der Waals surface area (Å²) in [6.45, 7) is 14.7. The first-order valence-corrected chi connectivity index (χ1v) is 8.24. The first-order chi connectivity index (χ1) is 9.89. The molecule has 0 aromatic carbocycles. The van der Waals surface area contributed by atoms with Gasteiger partial charge in [0.1, 0.15) is 6.10 Å². The second-order valence-corrected chi connectivity index (χ2v) is 8.43. The second kappa shape index (κ2) is 9.16. The van der Waals surface area contributed by atoms with Gasteiger partial charge in [-0.25, -0.2) is 0 Å². The van der Waals surface area contributed by atoms with Gasteiger partial charge in [0.2, 0.25) is 0 Å². The van der Waals surface area contributed by atoms with Crippen LogP contribution < -0.4 is 0 Å². The number of carbonyl (C=O) groups excluding carboxylic acids is 2. The van der Waals surface area contributed by atoms with E-state index in [2.05, 4.69) is 41.5 Å². The van der Waals surface area contributed by atoms with Gasteiger partial charge in [-0.05, 0) is 30.6 Å². The molecule has 0 aromatic rings. The smallest absolute Gasteiger partial charge is 0.306 e. The molecule has 1 unspecified atom stereocenters. The molecule has 0 saturated carbocycles. The lowest BCUT2D eigenvalue weighted by atomic mass is 9.91. The third-order valence-corrected chi connectivity index (χ3v) is 3.28. The SMILES string of the molecule is CC(CCOC(=O)CCC(C)(C)C)OC(=O)CCC(C)(C)C. The van der Waals surface area contributed by atoms with Crippen LogP contribution in [0.4, 0.5) is 0 Å². The number of rotatable bonds is 8. The van der Waals surface area contributed by atoms with Crippen molar-refractivity contribution in [3.8, 4) is 0 Å². The molecule has 0 aliphatic heterocycles. The van der Waals surface area contributed by atoms with Crippen molar-refractivity contribution >= 4 is 11.9 Å². The van der Waals surface area contributed by atoms with Crippen molar-refractivity contribution in [3.05, 3.63) is 0 Å². The Morgan fingerprint density at radius 3 is 1.77 bits per heavy atom. The van der Waals surface area contributed by atoms with Crippen LogP contribution in [0.15, 0.2) is 0 Å². The Kier molecular flexibility index (Phi) is 8.72. The molecule has 0 fully saturated rings.